The first-order valence-electron chi connectivity index (χ1n) is 7.99. The third kappa shape index (κ3) is 4.12. The fourth-order valence-corrected chi connectivity index (χ4v) is 2.54. The maximum absolute atomic E-state index is 14.3. The molecule has 1 aliphatic heterocycles. The number of nitrogens with one attached hydrogen (secondary N) is 2. The lowest BCUT2D eigenvalue weighted by atomic mass is 10.2. The van der Waals surface area contributed by atoms with Crippen molar-refractivity contribution < 1.29 is 23.5 Å². The third-order valence-corrected chi connectivity index (χ3v) is 4.03. The fraction of sp³-hybridized carbons (Fsp3) is 0.438. The van der Waals surface area contributed by atoms with Crippen LogP contribution in [0.1, 0.15) is 12.8 Å². The van der Waals surface area contributed by atoms with Crippen LogP contribution >= 0.6 is 0 Å². The number of hydrogen-bond acceptors (Lipinski definition) is 5. The summed E-state index contributed by atoms with van der Waals surface area (Å²) in [6.07, 6.45) is 1.74. The Hall–Kier alpha value is -2.52. The Kier molecular flexibility index (Phi) is 4.95. The SMILES string of the molecule is NC(=O)[C@H](NC1CC1)C(=O)Nc1ccc(N2CCOCC2=O)cc1F. The van der Waals surface area contributed by atoms with Gasteiger partial charge in [0.1, 0.15) is 12.4 Å². The zero-order chi connectivity index (χ0) is 18.0. The van der Waals surface area contributed by atoms with Gasteiger partial charge >= 0.3 is 0 Å². The van der Waals surface area contributed by atoms with Gasteiger partial charge in [0, 0.05) is 18.3 Å². The van der Waals surface area contributed by atoms with Crippen molar-refractivity contribution in [1.82, 2.24) is 5.32 Å². The van der Waals surface area contributed by atoms with Crippen LogP contribution in [-0.4, -0.2) is 49.6 Å². The van der Waals surface area contributed by atoms with E-state index < -0.39 is 23.7 Å². The molecule has 0 radical (unpaired) electrons. The van der Waals surface area contributed by atoms with Crippen molar-refractivity contribution in [1.29, 1.82) is 0 Å². The van der Waals surface area contributed by atoms with Gasteiger partial charge in [0.05, 0.1) is 12.3 Å². The maximum atomic E-state index is 14.3. The van der Waals surface area contributed by atoms with Crippen LogP contribution in [0.25, 0.3) is 0 Å². The highest BCUT2D eigenvalue weighted by Gasteiger charge is 2.32. The fourth-order valence-electron chi connectivity index (χ4n) is 2.54. The Balaban J connectivity index is 1.70. The van der Waals surface area contributed by atoms with E-state index in [9.17, 15) is 18.8 Å². The molecule has 1 aliphatic carbocycles. The van der Waals surface area contributed by atoms with Crippen LogP contribution in [0.5, 0.6) is 0 Å². The second-order valence-electron chi connectivity index (χ2n) is 6.03. The van der Waals surface area contributed by atoms with E-state index in [-0.39, 0.29) is 24.2 Å². The highest BCUT2D eigenvalue weighted by atomic mass is 19.1. The van der Waals surface area contributed by atoms with Gasteiger partial charge in [-0.15, -0.1) is 0 Å². The number of halogens is 1. The number of nitrogens with two attached hydrogens (primary N) is 1. The molecule has 4 N–H and O–H groups in total. The van der Waals surface area contributed by atoms with Crippen molar-refractivity contribution >= 4 is 29.1 Å². The average Bonchev–Trinajstić information content (AvgIpc) is 3.39. The van der Waals surface area contributed by atoms with Crippen LogP contribution in [0.15, 0.2) is 18.2 Å². The van der Waals surface area contributed by atoms with Crippen molar-refractivity contribution in [3.8, 4) is 0 Å². The normalized spacial score (nSPS) is 18.8. The zero-order valence-corrected chi connectivity index (χ0v) is 13.5. The predicted molar refractivity (Wildman–Crippen MR) is 87.3 cm³/mol. The summed E-state index contributed by atoms with van der Waals surface area (Å²) in [5.41, 5.74) is 5.53. The number of carbonyl (C=O) groups excluding carboxylic acids is 3. The highest BCUT2D eigenvalue weighted by molar-refractivity contribution is 6.09. The molecule has 2 fully saturated rings. The van der Waals surface area contributed by atoms with Crippen molar-refractivity contribution in [3.05, 3.63) is 24.0 Å². The summed E-state index contributed by atoms with van der Waals surface area (Å²) >= 11 is 0. The first-order chi connectivity index (χ1) is 12.0. The summed E-state index contributed by atoms with van der Waals surface area (Å²) in [7, 11) is 0. The van der Waals surface area contributed by atoms with E-state index in [1.807, 2.05) is 0 Å². The van der Waals surface area contributed by atoms with Gasteiger partial charge in [0.2, 0.25) is 5.91 Å². The Labute approximate surface area is 143 Å². The van der Waals surface area contributed by atoms with Gasteiger partial charge in [-0.2, -0.15) is 0 Å². The topological polar surface area (TPSA) is 114 Å². The smallest absolute Gasteiger partial charge is 0.253 e. The Morgan fingerprint density at radius 3 is 2.72 bits per heavy atom. The average molecular weight is 350 g/mol. The molecule has 0 unspecified atom stereocenters. The zero-order valence-electron chi connectivity index (χ0n) is 13.5. The van der Waals surface area contributed by atoms with E-state index in [0.717, 1.165) is 18.9 Å². The summed E-state index contributed by atoms with van der Waals surface area (Å²) in [6.45, 7) is 0.658. The number of ether oxygens (including phenoxy) is 1. The van der Waals surface area contributed by atoms with Gasteiger partial charge < -0.3 is 20.7 Å². The molecule has 0 spiro atoms. The molecule has 1 saturated carbocycles. The molecule has 1 atom stereocenters. The minimum atomic E-state index is -1.22. The van der Waals surface area contributed by atoms with Gasteiger partial charge in [-0.1, -0.05) is 0 Å². The molecule has 2 aliphatic rings. The van der Waals surface area contributed by atoms with Crippen LogP contribution in [0, 0.1) is 5.82 Å². The maximum Gasteiger partial charge on any atom is 0.253 e. The number of nitrogens with zero attached hydrogens (tertiary/aromatic N) is 1. The van der Waals surface area contributed by atoms with Crippen LogP contribution in [-0.2, 0) is 19.1 Å². The summed E-state index contributed by atoms with van der Waals surface area (Å²) in [5, 5.41) is 5.18. The summed E-state index contributed by atoms with van der Waals surface area (Å²) < 4.78 is 19.3. The molecule has 1 aromatic rings. The minimum absolute atomic E-state index is 0.0484. The molecular weight excluding hydrogens is 331 g/mol. The highest BCUT2D eigenvalue weighted by Crippen LogP contribution is 2.24. The van der Waals surface area contributed by atoms with Gasteiger partial charge in [0.25, 0.3) is 11.8 Å². The first-order valence-corrected chi connectivity index (χ1v) is 7.99. The number of benzene rings is 1. The number of morpholine rings is 1. The molecule has 1 heterocycles. The van der Waals surface area contributed by atoms with Gasteiger partial charge in [-0.05, 0) is 31.0 Å². The van der Waals surface area contributed by atoms with E-state index in [1.165, 1.54) is 17.0 Å². The quantitative estimate of drug-likeness (QED) is 0.612. The van der Waals surface area contributed by atoms with E-state index in [2.05, 4.69) is 10.6 Å². The summed E-state index contributed by atoms with van der Waals surface area (Å²) in [6, 6.07) is 2.90. The lowest BCUT2D eigenvalue weighted by molar-refractivity contribution is -0.128. The molecule has 134 valence electrons. The molecule has 0 aromatic heterocycles. The van der Waals surface area contributed by atoms with Crippen LogP contribution in [0.3, 0.4) is 0 Å². The predicted octanol–water partition coefficient (Wildman–Crippen LogP) is -0.267. The number of anilines is 2. The summed E-state index contributed by atoms with van der Waals surface area (Å²) in [5.74, 6) is -2.50. The minimum Gasteiger partial charge on any atom is -0.370 e. The number of hydrogen-bond donors (Lipinski definition) is 3. The molecular formula is C16H19FN4O4. The Morgan fingerprint density at radius 2 is 2.12 bits per heavy atom. The molecule has 9 heteroatoms. The Morgan fingerprint density at radius 1 is 1.36 bits per heavy atom. The largest absolute Gasteiger partial charge is 0.370 e. The van der Waals surface area contributed by atoms with Crippen molar-refractivity contribution in [2.45, 2.75) is 24.9 Å². The second kappa shape index (κ2) is 7.16. The Bertz CT molecular complexity index is 707. The number of rotatable bonds is 6. The standard InChI is InChI=1S/C16H19FN4O4/c17-11-7-10(21-5-6-25-8-13(21)22)3-4-12(11)20-16(24)14(15(18)23)19-9-1-2-9/h3-4,7,9,14,19H,1-2,5-6,8H2,(H2,18,23)(H,20,24)/t14-/m0/s1. The van der Waals surface area contributed by atoms with E-state index in [1.54, 1.807) is 0 Å². The number of primary amides is 1. The van der Waals surface area contributed by atoms with Crippen LogP contribution in [0.2, 0.25) is 0 Å². The number of carbonyl (C=O) groups is 3. The van der Waals surface area contributed by atoms with Gasteiger partial charge in [-0.3, -0.25) is 19.7 Å². The monoisotopic (exact) mass is 350 g/mol. The first kappa shape index (κ1) is 17.3. The molecule has 1 aromatic carbocycles. The number of amides is 3. The van der Waals surface area contributed by atoms with Crippen molar-refractivity contribution in [2.75, 3.05) is 30.0 Å². The molecule has 3 rings (SSSR count). The van der Waals surface area contributed by atoms with Crippen LogP contribution < -0.4 is 21.3 Å². The van der Waals surface area contributed by atoms with E-state index in [0.29, 0.717) is 18.8 Å². The second-order valence-corrected chi connectivity index (χ2v) is 6.03. The van der Waals surface area contributed by atoms with E-state index >= 15 is 0 Å². The summed E-state index contributed by atoms with van der Waals surface area (Å²) in [4.78, 5) is 36.8. The van der Waals surface area contributed by atoms with Crippen molar-refractivity contribution in [3.63, 3.8) is 0 Å². The van der Waals surface area contributed by atoms with Crippen LogP contribution in [0.4, 0.5) is 15.8 Å². The molecule has 0 bridgehead atoms. The van der Waals surface area contributed by atoms with E-state index in [4.69, 9.17) is 10.5 Å². The molecule has 3 amide bonds. The molecule has 25 heavy (non-hydrogen) atoms. The van der Waals surface area contributed by atoms with Gasteiger partial charge in [0.15, 0.2) is 6.04 Å². The lowest BCUT2D eigenvalue weighted by Gasteiger charge is -2.27. The molecule has 8 nitrogen and oxygen atoms in total. The third-order valence-electron chi connectivity index (χ3n) is 4.03. The molecule has 1 saturated heterocycles. The van der Waals surface area contributed by atoms with Crippen molar-refractivity contribution in [2.24, 2.45) is 5.73 Å². The van der Waals surface area contributed by atoms with Gasteiger partial charge in [-0.25, -0.2) is 4.39 Å². The lowest BCUT2D eigenvalue weighted by Crippen LogP contribution is -2.50.